The molecule has 4 nitrogen and oxygen atoms in total. The van der Waals surface area contributed by atoms with Gasteiger partial charge in [-0.05, 0) is 37.0 Å². The molecule has 1 aromatic carbocycles. The van der Waals surface area contributed by atoms with E-state index >= 15 is 0 Å². The lowest BCUT2D eigenvalue weighted by atomic mass is 10.2. The zero-order valence-electron chi connectivity index (χ0n) is 14.0. The van der Waals surface area contributed by atoms with Crippen LogP contribution in [0.1, 0.15) is 25.8 Å². The number of nitrogens with zero attached hydrogens (tertiary/aromatic N) is 1. The summed E-state index contributed by atoms with van der Waals surface area (Å²) < 4.78 is 11.5. The second-order valence-corrected chi connectivity index (χ2v) is 6.68. The van der Waals surface area contributed by atoms with E-state index in [1.807, 2.05) is 31.2 Å². The van der Waals surface area contributed by atoms with Gasteiger partial charge in [-0.15, -0.1) is 0 Å². The van der Waals surface area contributed by atoms with Crippen molar-refractivity contribution in [3.8, 4) is 5.75 Å². The molecule has 1 aliphatic rings. The predicted molar refractivity (Wildman–Crippen MR) is 88.3 cm³/mol. The third-order valence-corrected chi connectivity index (χ3v) is 3.80. The van der Waals surface area contributed by atoms with Gasteiger partial charge in [-0.25, -0.2) is 0 Å². The van der Waals surface area contributed by atoms with Crippen LogP contribution in [0.5, 0.6) is 5.75 Å². The molecule has 1 heterocycles. The van der Waals surface area contributed by atoms with Crippen molar-refractivity contribution in [2.45, 2.75) is 39.4 Å². The second-order valence-electron chi connectivity index (χ2n) is 6.68. The minimum absolute atomic E-state index is 0.312. The van der Waals surface area contributed by atoms with Gasteiger partial charge in [-0.1, -0.05) is 26.0 Å². The standard InChI is InChI=1S/C18H29NO3/c1-14(2)12-21-18-7-8-19(11-18)10-16(20)13-22-17-6-4-5-15(3)9-17/h4-6,9,14,16,18,20H,7-8,10-13H2,1-3H3. The molecule has 1 N–H and O–H groups in total. The number of hydrogen-bond acceptors (Lipinski definition) is 4. The van der Waals surface area contributed by atoms with Crippen molar-refractivity contribution in [3.63, 3.8) is 0 Å². The zero-order valence-corrected chi connectivity index (χ0v) is 14.0. The summed E-state index contributed by atoms with van der Waals surface area (Å²) in [7, 11) is 0. The average Bonchev–Trinajstić information content (AvgIpc) is 2.90. The molecular weight excluding hydrogens is 278 g/mol. The van der Waals surface area contributed by atoms with E-state index in [1.54, 1.807) is 0 Å². The summed E-state index contributed by atoms with van der Waals surface area (Å²) >= 11 is 0. The highest BCUT2D eigenvalue weighted by atomic mass is 16.5. The molecule has 0 saturated carbocycles. The van der Waals surface area contributed by atoms with Crippen molar-refractivity contribution in [2.75, 3.05) is 32.8 Å². The molecule has 0 bridgehead atoms. The molecule has 2 rings (SSSR count). The van der Waals surface area contributed by atoms with Crippen LogP contribution in [0.4, 0.5) is 0 Å². The van der Waals surface area contributed by atoms with Crippen molar-refractivity contribution < 1.29 is 14.6 Å². The minimum Gasteiger partial charge on any atom is -0.491 e. The van der Waals surface area contributed by atoms with E-state index in [9.17, 15) is 5.11 Å². The van der Waals surface area contributed by atoms with Crippen molar-refractivity contribution in [3.05, 3.63) is 29.8 Å². The number of aliphatic hydroxyl groups is 1. The molecule has 0 radical (unpaired) electrons. The Labute approximate surface area is 134 Å². The Balaban J connectivity index is 1.66. The average molecular weight is 307 g/mol. The van der Waals surface area contributed by atoms with Gasteiger partial charge < -0.3 is 14.6 Å². The summed E-state index contributed by atoms with van der Waals surface area (Å²) in [6.45, 7) is 10.1. The quantitative estimate of drug-likeness (QED) is 0.801. The van der Waals surface area contributed by atoms with Gasteiger partial charge in [0.1, 0.15) is 18.5 Å². The first-order valence-electron chi connectivity index (χ1n) is 8.24. The Kier molecular flexibility index (Phi) is 6.68. The molecule has 2 unspecified atom stereocenters. The molecule has 0 aromatic heterocycles. The van der Waals surface area contributed by atoms with E-state index in [0.717, 1.165) is 37.4 Å². The zero-order chi connectivity index (χ0) is 15.9. The van der Waals surface area contributed by atoms with Gasteiger partial charge in [-0.2, -0.15) is 0 Å². The van der Waals surface area contributed by atoms with Gasteiger partial charge >= 0.3 is 0 Å². The normalized spacial score (nSPS) is 20.5. The van der Waals surface area contributed by atoms with Crippen LogP contribution >= 0.6 is 0 Å². The molecule has 0 spiro atoms. The number of likely N-dealkylation sites (tertiary alicyclic amines) is 1. The maximum atomic E-state index is 10.1. The molecular formula is C18H29NO3. The molecule has 1 saturated heterocycles. The molecule has 124 valence electrons. The SMILES string of the molecule is Cc1cccc(OCC(O)CN2CCC(OCC(C)C)C2)c1. The van der Waals surface area contributed by atoms with Crippen LogP contribution in [0, 0.1) is 12.8 Å². The molecule has 4 heteroatoms. The highest BCUT2D eigenvalue weighted by Gasteiger charge is 2.24. The Morgan fingerprint density at radius 2 is 2.14 bits per heavy atom. The first kappa shape index (κ1) is 17.3. The van der Waals surface area contributed by atoms with E-state index in [-0.39, 0.29) is 0 Å². The van der Waals surface area contributed by atoms with Gasteiger partial charge in [0.15, 0.2) is 0 Å². The third kappa shape index (κ3) is 5.95. The van der Waals surface area contributed by atoms with Crippen LogP contribution in [0.3, 0.4) is 0 Å². The number of aryl methyl sites for hydroxylation is 1. The van der Waals surface area contributed by atoms with Gasteiger partial charge in [-0.3, -0.25) is 4.90 Å². The summed E-state index contributed by atoms with van der Waals surface area (Å²) in [5, 5.41) is 10.1. The monoisotopic (exact) mass is 307 g/mol. The van der Waals surface area contributed by atoms with E-state index in [0.29, 0.717) is 25.2 Å². The highest BCUT2D eigenvalue weighted by Crippen LogP contribution is 2.15. The third-order valence-electron chi connectivity index (χ3n) is 3.80. The Morgan fingerprint density at radius 3 is 2.86 bits per heavy atom. The molecule has 22 heavy (non-hydrogen) atoms. The second kappa shape index (κ2) is 8.51. The highest BCUT2D eigenvalue weighted by molar-refractivity contribution is 5.27. The van der Waals surface area contributed by atoms with Crippen LogP contribution in [0.2, 0.25) is 0 Å². The number of hydrogen-bond donors (Lipinski definition) is 1. The van der Waals surface area contributed by atoms with Crippen LogP contribution in [0.15, 0.2) is 24.3 Å². The Morgan fingerprint density at radius 1 is 1.32 bits per heavy atom. The van der Waals surface area contributed by atoms with E-state index in [2.05, 4.69) is 18.7 Å². The number of benzene rings is 1. The number of ether oxygens (including phenoxy) is 2. The van der Waals surface area contributed by atoms with Crippen LogP contribution < -0.4 is 4.74 Å². The van der Waals surface area contributed by atoms with Crippen LogP contribution in [0.25, 0.3) is 0 Å². The molecule has 1 aliphatic heterocycles. The minimum atomic E-state index is -0.468. The maximum Gasteiger partial charge on any atom is 0.119 e. The van der Waals surface area contributed by atoms with Gasteiger partial charge in [0.2, 0.25) is 0 Å². The first-order valence-corrected chi connectivity index (χ1v) is 8.24. The lowest BCUT2D eigenvalue weighted by Crippen LogP contribution is -2.35. The smallest absolute Gasteiger partial charge is 0.119 e. The summed E-state index contributed by atoms with van der Waals surface area (Å²) in [5.41, 5.74) is 1.16. The van der Waals surface area contributed by atoms with Gasteiger partial charge in [0.05, 0.1) is 6.10 Å². The van der Waals surface area contributed by atoms with Crippen molar-refractivity contribution >= 4 is 0 Å². The Bertz CT molecular complexity index is 450. The predicted octanol–water partition coefficient (Wildman–Crippen LogP) is 2.48. The van der Waals surface area contributed by atoms with Crippen molar-refractivity contribution in [1.82, 2.24) is 4.90 Å². The van der Waals surface area contributed by atoms with Crippen LogP contribution in [-0.2, 0) is 4.74 Å². The molecule has 1 fully saturated rings. The summed E-state index contributed by atoms with van der Waals surface area (Å²) in [6, 6.07) is 7.91. The summed E-state index contributed by atoms with van der Waals surface area (Å²) in [6.07, 6.45) is 0.898. The lowest BCUT2D eigenvalue weighted by molar-refractivity contribution is 0.0332. The van der Waals surface area contributed by atoms with E-state index < -0.39 is 6.10 Å². The lowest BCUT2D eigenvalue weighted by Gasteiger charge is -2.20. The Hall–Kier alpha value is -1.10. The van der Waals surface area contributed by atoms with E-state index in [4.69, 9.17) is 9.47 Å². The molecule has 2 atom stereocenters. The molecule has 1 aromatic rings. The summed E-state index contributed by atoms with van der Waals surface area (Å²) in [4.78, 5) is 2.26. The fraction of sp³-hybridized carbons (Fsp3) is 0.667. The fourth-order valence-electron chi connectivity index (χ4n) is 2.68. The largest absolute Gasteiger partial charge is 0.491 e. The van der Waals surface area contributed by atoms with E-state index in [1.165, 1.54) is 0 Å². The van der Waals surface area contributed by atoms with Gasteiger partial charge in [0.25, 0.3) is 0 Å². The topological polar surface area (TPSA) is 41.9 Å². The molecule has 0 amide bonds. The number of rotatable bonds is 8. The molecule has 0 aliphatic carbocycles. The van der Waals surface area contributed by atoms with Crippen molar-refractivity contribution in [1.29, 1.82) is 0 Å². The summed E-state index contributed by atoms with van der Waals surface area (Å²) in [5.74, 6) is 1.39. The number of aliphatic hydroxyl groups excluding tert-OH is 1. The fourth-order valence-corrected chi connectivity index (χ4v) is 2.68. The van der Waals surface area contributed by atoms with Crippen LogP contribution in [-0.4, -0.2) is 55.1 Å². The van der Waals surface area contributed by atoms with Crippen molar-refractivity contribution in [2.24, 2.45) is 5.92 Å². The number of β-amino-alcohol motifs (C(OH)–C–C–N with tert-alkyl or cyclic N) is 1. The first-order chi connectivity index (χ1) is 10.5. The maximum absolute atomic E-state index is 10.1. The van der Waals surface area contributed by atoms with Gasteiger partial charge in [0, 0.05) is 26.2 Å².